The van der Waals surface area contributed by atoms with E-state index in [9.17, 15) is 13.2 Å². The SMILES string of the molecule is CN(c1cncc(C#Cc2cc(C#N)ccc2OCC(=O)O)c1)S(C)(=O)=O. The van der Waals surface area contributed by atoms with Gasteiger partial charge in [0.1, 0.15) is 5.75 Å². The van der Waals surface area contributed by atoms with Crippen molar-refractivity contribution in [1.82, 2.24) is 4.98 Å². The zero-order chi connectivity index (χ0) is 20.0. The topological polar surface area (TPSA) is 121 Å². The molecular formula is C18H15N3O5S. The third-order valence-corrected chi connectivity index (χ3v) is 4.59. The number of aromatic nitrogens is 1. The minimum Gasteiger partial charge on any atom is -0.481 e. The Morgan fingerprint density at radius 2 is 2.00 bits per heavy atom. The van der Waals surface area contributed by atoms with E-state index in [1.54, 1.807) is 6.07 Å². The number of hydrogen-bond donors (Lipinski definition) is 1. The third-order valence-electron chi connectivity index (χ3n) is 3.39. The number of anilines is 1. The fourth-order valence-electron chi connectivity index (χ4n) is 1.96. The van der Waals surface area contributed by atoms with Crippen molar-refractivity contribution >= 4 is 21.7 Å². The van der Waals surface area contributed by atoms with Gasteiger partial charge in [-0.2, -0.15) is 5.26 Å². The maximum atomic E-state index is 11.6. The second kappa shape index (κ2) is 8.21. The Bertz CT molecular complexity index is 1080. The Kier molecular flexibility index (Phi) is 6.01. The highest BCUT2D eigenvalue weighted by Crippen LogP contribution is 2.20. The second-order valence-corrected chi connectivity index (χ2v) is 7.43. The predicted octanol–water partition coefficient (Wildman–Crippen LogP) is 1.21. The first-order chi connectivity index (χ1) is 12.7. The number of nitriles is 1. The summed E-state index contributed by atoms with van der Waals surface area (Å²) in [5, 5.41) is 17.8. The number of ether oxygens (including phenoxy) is 1. The van der Waals surface area contributed by atoms with Gasteiger partial charge in [-0.1, -0.05) is 11.8 Å². The Morgan fingerprint density at radius 3 is 2.63 bits per heavy atom. The summed E-state index contributed by atoms with van der Waals surface area (Å²) in [5.74, 6) is 4.71. The minimum absolute atomic E-state index is 0.223. The molecule has 8 nitrogen and oxygen atoms in total. The van der Waals surface area contributed by atoms with Gasteiger partial charge in [-0.15, -0.1) is 0 Å². The van der Waals surface area contributed by atoms with Crippen molar-refractivity contribution in [3.05, 3.63) is 53.3 Å². The molecule has 0 unspecified atom stereocenters. The highest BCUT2D eigenvalue weighted by Gasteiger charge is 2.12. The Labute approximate surface area is 156 Å². The quantitative estimate of drug-likeness (QED) is 0.768. The van der Waals surface area contributed by atoms with Gasteiger partial charge in [0, 0.05) is 18.8 Å². The third kappa shape index (κ3) is 5.46. The standard InChI is InChI=1S/C18H15N3O5S/c1-21(27(2,24)25)16-8-14(10-20-11-16)3-5-15-7-13(9-19)4-6-17(15)26-12-18(22)23/h4,6-8,10-11H,12H2,1-2H3,(H,22,23). The Balaban J connectivity index is 2.39. The van der Waals surface area contributed by atoms with Gasteiger partial charge in [-0.05, 0) is 24.3 Å². The molecule has 0 bridgehead atoms. The normalized spacial score (nSPS) is 10.3. The summed E-state index contributed by atoms with van der Waals surface area (Å²) >= 11 is 0. The van der Waals surface area contributed by atoms with E-state index in [0.29, 0.717) is 22.4 Å². The van der Waals surface area contributed by atoms with Crippen molar-refractivity contribution in [2.24, 2.45) is 0 Å². The molecule has 0 saturated carbocycles. The highest BCUT2D eigenvalue weighted by atomic mass is 32.2. The first-order valence-electron chi connectivity index (χ1n) is 7.50. The fraction of sp³-hybridized carbons (Fsp3) is 0.167. The highest BCUT2D eigenvalue weighted by molar-refractivity contribution is 7.92. The minimum atomic E-state index is -3.44. The lowest BCUT2D eigenvalue weighted by atomic mass is 10.1. The van der Waals surface area contributed by atoms with Crippen molar-refractivity contribution in [3.63, 3.8) is 0 Å². The number of rotatable bonds is 5. The van der Waals surface area contributed by atoms with Crippen LogP contribution >= 0.6 is 0 Å². The van der Waals surface area contributed by atoms with Crippen LogP contribution in [-0.4, -0.2) is 44.4 Å². The molecule has 2 aromatic rings. The second-order valence-electron chi connectivity index (χ2n) is 5.42. The van der Waals surface area contributed by atoms with E-state index in [1.165, 1.54) is 37.6 Å². The number of aliphatic carboxylic acids is 1. The molecule has 1 N–H and O–H groups in total. The van der Waals surface area contributed by atoms with Gasteiger partial charge < -0.3 is 9.84 Å². The molecule has 0 aliphatic rings. The summed E-state index contributed by atoms with van der Waals surface area (Å²) in [7, 11) is -2.04. The lowest BCUT2D eigenvalue weighted by Gasteiger charge is -2.15. The summed E-state index contributed by atoms with van der Waals surface area (Å²) in [5.41, 5.74) is 1.45. The molecule has 0 atom stereocenters. The number of carbonyl (C=O) groups is 1. The molecule has 9 heteroatoms. The number of carboxylic acid groups (broad SMARTS) is 1. The van der Waals surface area contributed by atoms with Crippen LogP contribution < -0.4 is 9.04 Å². The maximum Gasteiger partial charge on any atom is 0.341 e. The van der Waals surface area contributed by atoms with Crippen LogP contribution in [-0.2, 0) is 14.8 Å². The number of carboxylic acids is 1. The predicted molar refractivity (Wildman–Crippen MR) is 97.8 cm³/mol. The number of hydrogen-bond acceptors (Lipinski definition) is 6. The first-order valence-corrected chi connectivity index (χ1v) is 9.35. The number of sulfonamides is 1. The van der Waals surface area contributed by atoms with Gasteiger partial charge in [0.15, 0.2) is 6.61 Å². The van der Waals surface area contributed by atoms with Crippen LogP contribution in [0, 0.1) is 23.2 Å². The van der Waals surface area contributed by atoms with Crippen LogP contribution in [0.25, 0.3) is 0 Å². The van der Waals surface area contributed by atoms with Crippen molar-refractivity contribution < 1.29 is 23.1 Å². The summed E-state index contributed by atoms with van der Waals surface area (Å²) in [6.45, 7) is -0.545. The average molecular weight is 385 g/mol. The number of benzene rings is 1. The Morgan fingerprint density at radius 1 is 1.26 bits per heavy atom. The molecule has 0 saturated heterocycles. The molecule has 27 heavy (non-hydrogen) atoms. The summed E-state index contributed by atoms with van der Waals surface area (Å²) in [6, 6.07) is 7.96. The molecule has 0 amide bonds. The van der Waals surface area contributed by atoms with E-state index in [0.717, 1.165) is 10.6 Å². The van der Waals surface area contributed by atoms with E-state index < -0.39 is 22.6 Å². The van der Waals surface area contributed by atoms with Gasteiger partial charge in [0.2, 0.25) is 10.0 Å². The van der Waals surface area contributed by atoms with Crippen LogP contribution in [0.15, 0.2) is 36.7 Å². The zero-order valence-corrected chi connectivity index (χ0v) is 15.3. The van der Waals surface area contributed by atoms with Crippen molar-refractivity contribution in [3.8, 4) is 23.7 Å². The maximum absolute atomic E-state index is 11.6. The molecule has 138 valence electrons. The van der Waals surface area contributed by atoms with Crippen molar-refractivity contribution in [2.45, 2.75) is 0 Å². The molecular weight excluding hydrogens is 370 g/mol. The van der Waals surface area contributed by atoms with E-state index >= 15 is 0 Å². The molecule has 1 aromatic heterocycles. The van der Waals surface area contributed by atoms with Crippen LogP contribution in [0.3, 0.4) is 0 Å². The summed E-state index contributed by atoms with van der Waals surface area (Å²) in [6.07, 6.45) is 3.92. The molecule has 0 radical (unpaired) electrons. The van der Waals surface area contributed by atoms with Crippen molar-refractivity contribution in [2.75, 3.05) is 24.2 Å². The molecule has 0 spiro atoms. The number of pyridine rings is 1. The summed E-state index contributed by atoms with van der Waals surface area (Å²) in [4.78, 5) is 14.7. The van der Waals surface area contributed by atoms with Gasteiger partial charge in [-0.3, -0.25) is 9.29 Å². The lowest BCUT2D eigenvalue weighted by molar-refractivity contribution is -0.139. The van der Waals surface area contributed by atoms with Gasteiger partial charge in [0.25, 0.3) is 0 Å². The largest absolute Gasteiger partial charge is 0.481 e. The molecule has 0 fully saturated rings. The smallest absolute Gasteiger partial charge is 0.341 e. The molecule has 0 aliphatic carbocycles. The fourth-order valence-corrected chi connectivity index (χ4v) is 2.44. The van der Waals surface area contributed by atoms with E-state index in [4.69, 9.17) is 15.1 Å². The van der Waals surface area contributed by atoms with E-state index in [-0.39, 0.29) is 5.75 Å². The first kappa shape index (κ1) is 19.8. The summed E-state index contributed by atoms with van der Waals surface area (Å²) < 4.78 is 29.5. The molecule has 0 aliphatic heterocycles. The van der Waals surface area contributed by atoms with Crippen molar-refractivity contribution in [1.29, 1.82) is 5.26 Å². The van der Waals surface area contributed by atoms with Crippen LogP contribution in [0.5, 0.6) is 5.75 Å². The number of nitrogens with zero attached hydrogens (tertiary/aromatic N) is 3. The Hall–Kier alpha value is -3.56. The van der Waals surface area contributed by atoms with Crippen LogP contribution in [0.2, 0.25) is 0 Å². The molecule has 1 heterocycles. The van der Waals surface area contributed by atoms with Gasteiger partial charge >= 0.3 is 5.97 Å². The van der Waals surface area contributed by atoms with Crippen LogP contribution in [0.1, 0.15) is 16.7 Å². The lowest BCUT2D eigenvalue weighted by Crippen LogP contribution is -2.24. The average Bonchev–Trinajstić information content (AvgIpc) is 2.63. The zero-order valence-electron chi connectivity index (χ0n) is 14.5. The molecule has 1 aromatic carbocycles. The molecule has 2 rings (SSSR count). The monoisotopic (exact) mass is 385 g/mol. The van der Waals surface area contributed by atoms with E-state index in [2.05, 4.69) is 16.8 Å². The van der Waals surface area contributed by atoms with Gasteiger partial charge in [-0.25, -0.2) is 13.2 Å². The van der Waals surface area contributed by atoms with Crippen LogP contribution in [0.4, 0.5) is 5.69 Å². The van der Waals surface area contributed by atoms with Gasteiger partial charge in [0.05, 0.1) is 35.3 Å². The van der Waals surface area contributed by atoms with E-state index in [1.807, 2.05) is 6.07 Å².